The van der Waals surface area contributed by atoms with Gasteiger partial charge in [-0.05, 0) is 62.4 Å². The Labute approximate surface area is 122 Å². The highest BCUT2D eigenvalue weighted by atomic mass is 16.5. The fourth-order valence-electron chi connectivity index (χ4n) is 3.16. The van der Waals surface area contributed by atoms with Gasteiger partial charge in [-0.3, -0.25) is 0 Å². The van der Waals surface area contributed by atoms with E-state index in [4.69, 9.17) is 4.74 Å². The zero-order chi connectivity index (χ0) is 13.8. The molecule has 3 rings (SSSR count). The second-order valence-electron chi connectivity index (χ2n) is 6.15. The maximum Gasteiger partial charge on any atom is 0.119 e. The first kappa shape index (κ1) is 13.9. The molecule has 0 spiro atoms. The summed E-state index contributed by atoms with van der Waals surface area (Å²) in [6, 6.07) is 9.21. The van der Waals surface area contributed by atoms with Crippen LogP contribution >= 0.6 is 0 Å². The summed E-state index contributed by atoms with van der Waals surface area (Å²) in [5.74, 6) is 1.92. The largest absolute Gasteiger partial charge is 0.497 e. The van der Waals surface area contributed by atoms with Gasteiger partial charge in [-0.15, -0.1) is 0 Å². The van der Waals surface area contributed by atoms with Gasteiger partial charge in [0.05, 0.1) is 7.11 Å². The maximum absolute atomic E-state index is 5.30. The van der Waals surface area contributed by atoms with Crippen molar-refractivity contribution in [2.75, 3.05) is 33.3 Å². The second kappa shape index (κ2) is 6.59. The van der Waals surface area contributed by atoms with Crippen molar-refractivity contribution in [1.29, 1.82) is 0 Å². The van der Waals surface area contributed by atoms with Crippen molar-refractivity contribution in [1.82, 2.24) is 10.2 Å². The SMILES string of the molecule is COc1cccc(CCN2CCCNC(C3CC3)C2)c1. The Bertz CT molecular complexity index is 431. The molecule has 1 atom stereocenters. The van der Waals surface area contributed by atoms with Gasteiger partial charge in [0.25, 0.3) is 0 Å². The van der Waals surface area contributed by atoms with Crippen LogP contribution in [0.3, 0.4) is 0 Å². The van der Waals surface area contributed by atoms with E-state index in [-0.39, 0.29) is 0 Å². The van der Waals surface area contributed by atoms with E-state index in [0.717, 1.165) is 30.7 Å². The Balaban J connectivity index is 1.53. The molecule has 1 N–H and O–H groups in total. The van der Waals surface area contributed by atoms with Gasteiger partial charge in [-0.2, -0.15) is 0 Å². The Kier molecular flexibility index (Phi) is 4.58. The lowest BCUT2D eigenvalue weighted by molar-refractivity contribution is 0.261. The molecule has 0 amide bonds. The lowest BCUT2D eigenvalue weighted by Gasteiger charge is -2.24. The number of hydrogen-bond donors (Lipinski definition) is 1. The van der Waals surface area contributed by atoms with Gasteiger partial charge >= 0.3 is 0 Å². The molecule has 1 unspecified atom stereocenters. The average molecular weight is 274 g/mol. The van der Waals surface area contributed by atoms with Gasteiger partial charge < -0.3 is 15.0 Å². The van der Waals surface area contributed by atoms with Crippen LogP contribution < -0.4 is 10.1 Å². The highest BCUT2D eigenvalue weighted by Crippen LogP contribution is 2.33. The molecule has 2 fully saturated rings. The fraction of sp³-hybridized carbons (Fsp3) is 0.647. The molecule has 1 saturated heterocycles. The summed E-state index contributed by atoms with van der Waals surface area (Å²) in [7, 11) is 1.74. The monoisotopic (exact) mass is 274 g/mol. The summed E-state index contributed by atoms with van der Waals surface area (Å²) in [6.07, 6.45) is 5.26. The zero-order valence-electron chi connectivity index (χ0n) is 12.5. The molecule has 110 valence electrons. The number of ether oxygens (including phenoxy) is 1. The first-order valence-corrected chi connectivity index (χ1v) is 7.94. The van der Waals surface area contributed by atoms with Gasteiger partial charge in [-0.1, -0.05) is 12.1 Å². The minimum absolute atomic E-state index is 0.739. The van der Waals surface area contributed by atoms with E-state index >= 15 is 0 Å². The zero-order valence-corrected chi connectivity index (χ0v) is 12.5. The van der Waals surface area contributed by atoms with Crippen molar-refractivity contribution in [3.63, 3.8) is 0 Å². The van der Waals surface area contributed by atoms with Gasteiger partial charge in [0, 0.05) is 19.1 Å². The Morgan fingerprint density at radius 1 is 1.35 bits per heavy atom. The van der Waals surface area contributed by atoms with E-state index in [1.807, 2.05) is 6.07 Å². The van der Waals surface area contributed by atoms with Gasteiger partial charge in [0.1, 0.15) is 5.75 Å². The van der Waals surface area contributed by atoms with Crippen LogP contribution in [0.15, 0.2) is 24.3 Å². The van der Waals surface area contributed by atoms with Crippen LogP contribution in [0, 0.1) is 5.92 Å². The Morgan fingerprint density at radius 2 is 2.25 bits per heavy atom. The molecule has 0 aromatic heterocycles. The first-order chi connectivity index (χ1) is 9.85. The standard InChI is InChI=1S/C17H26N2O/c1-20-16-5-2-4-14(12-16)8-11-19-10-3-9-18-17(13-19)15-6-7-15/h2,4-5,12,15,17-18H,3,6-11,13H2,1H3. The van der Waals surface area contributed by atoms with E-state index in [0.29, 0.717) is 0 Å². The third kappa shape index (κ3) is 3.74. The van der Waals surface area contributed by atoms with Gasteiger partial charge in [0.15, 0.2) is 0 Å². The molecule has 1 heterocycles. The lowest BCUT2D eigenvalue weighted by atomic mass is 10.1. The smallest absolute Gasteiger partial charge is 0.119 e. The molecule has 2 aliphatic rings. The summed E-state index contributed by atoms with van der Waals surface area (Å²) in [5, 5.41) is 3.73. The molecule has 1 aromatic rings. The van der Waals surface area contributed by atoms with Crippen LogP contribution in [-0.4, -0.2) is 44.2 Å². The number of nitrogens with zero attached hydrogens (tertiary/aromatic N) is 1. The predicted octanol–water partition coefficient (Wildman–Crippen LogP) is 2.31. The number of benzene rings is 1. The second-order valence-corrected chi connectivity index (χ2v) is 6.15. The number of nitrogens with one attached hydrogen (secondary N) is 1. The van der Waals surface area contributed by atoms with Gasteiger partial charge in [-0.25, -0.2) is 0 Å². The van der Waals surface area contributed by atoms with Crippen LogP contribution in [-0.2, 0) is 6.42 Å². The number of hydrogen-bond acceptors (Lipinski definition) is 3. The number of rotatable bonds is 5. The first-order valence-electron chi connectivity index (χ1n) is 7.94. The van der Waals surface area contributed by atoms with Crippen molar-refractivity contribution in [3.8, 4) is 5.75 Å². The normalized spacial score (nSPS) is 24.4. The molecule has 1 aliphatic heterocycles. The highest BCUT2D eigenvalue weighted by molar-refractivity contribution is 5.28. The third-order valence-corrected chi connectivity index (χ3v) is 4.55. The summed E-state index contributed by atoms with van der Waals surface area (Å²) >= 11 is 0. The van der Waals surface area contributed by atoms with E-state index in [1.165, 1.54) is 44.5 Å². The molecular weight excluding hydrogens is 248 g/mol. The minimum Gasteiger partial charge on any atom is -0.497 e. The quantitative estimate of drug-likeness (QED) is 0.892. The summed E-state index contributed by atoms with van der Waals surface area (Å²) in [4.78, 5) is 2.64. The molecule has 1 saturated carbocycles. The molecule has 20 heavy (non-hydrogen) atoms. The molecule has 3 nitrogen and oxygen atoms in total. The topological polar surface area (TPSA) is 24.5 Å². The van der Waals surface area contributed by atoms with Crippen molar-refractivity contribution in [2.45, 2.75) is 31.7 Å². The third-order valence-electron chi connectivity index (χ3n) is 4.55. The number of methoxy groups -OCH3 is 1. The Hall–Kier alpha value is -1.06. The molecule has 3 heteroatoms. The van der Waals surface area contributed by atoms with E-state index < -0.39 is 0 Å². The summed E-state index contributed by atoms with van der Waals surface area (Å²) < 4.78 is 5.30. The van der Waals surface area contributed by atoms with Crippen LogP contribution in [0.4, 0.5) is 0 Å². The Morgan fingerprint density at radius 3 is 3.05 bits per heavy atom. The van der Waals surface area contributed by atoms with Crippen LogP contribution in [0.1, 0.15) is 24.8 Å². The molecule has 1 aliphatic carbocycles. The van der Waals surface area contributed by atoms with Crippen molar-refractivity contribution in [2.24, 2.45) is 5.92 Å². The van der Waals surface area contributed by atoms with E-state index in [1.54, 1.807) is 7.11 Å². The van der Waals surface area contributed by atoms with Crippen LogP contribution in [0.25, 0.3) is 0 Å². The molecule has 1 aromatic carbocycles. The summed E-state index contributed by atoms with van der Waals surface area (Å²) in [5.41, 5.74) is 1.38. The van der Waals surface area contributed by atoms with Crippen molar-refractivity contribution in [3.05, 3.63) is 29.8 Å². The molecule has 0 radical (unpaired) electrons. The van der Waals surface area contributed by atoms with Crippen LogP contribution in [0.2, 0.25) is 0 Å². The minimum atomic E-state index is 0.739. The fourth-order valence-corrected chi connectivity index (χ4v) is 3.16. The van der Waals surface area contributed by atoms with Crippen molar-refractivity contribution >= 4 is 0 Å². The molecular formula is C17H26N2O. The van der Waals surface area contributed by atoms with Gasteiger partial charge in [0.2, 0.25) is 0 Å². The van der Waals surface area contributed by atoms with Crippen molar-refractivity contribution < 1.29 is 4.74 Å². The van der Waals surface area contributed by atoms with E-state index in [9.17, 15) is 0 Å². The molecule has 0 bridgehead atoms. The van der Waals surface area contributed by atoms with E-state index in [2.05, 4.69) is 28.4 Å². The highest BCUT2D eigenvalue weighted by Gasteiger charge is 2.32. The predicted molar refractivity (Wildman–Crippen MR) is 82.3 cm³/mol. The van der Waals surface area contributed by atoms with Crippen LogP contribution in [0.5, 0.6) is 5.75 Å². The summed E-state index contributed by atoms with van der Waals surface area (Å²) in [6.45, 7) is 4.82. The average Bonchev–Trinajstić information content (AvgIpc) is 3.31. The maximum atomic E-state index is 5.30. The lowest BCUT2D eigenvalue weighted by Crippen LogP contribution is -2.39.